The fourth-order valence-corrected chi connectivity index (χ4v) is 4.77. The van der Waals surface area contributed by atoms with Crippen molar-refractivity contribution in [2.45, 2.75) is 32.9 Å². The summed E-state index contributed by atoms with van der Waals surface area (Å²) in [5, 5.41) is 9.77. The third-order valence-electron chi connectivity index (χ3n) is 5.18. The number of benzene rings is 2. The van der Waals surface area contributed by atoms with E-state index in [1.54, 1.807) is 70.4 Å². The highest BCUT2D eigenvalue weighted by Gasteiger charge is 2.33. The van der Waals surface area contributed by atoms with Crippen LogP contribution in [-0.2, 0) is 9.53 Å². The van der Waals surface area contributed by atoms with Crippen molar-refractivity contribution in [2.75, 3.05) is 7.11 Å². The van der Waals surface area contributed by atoms with Crippen molar-refractivity contribution < 1.29 is 19.4 Å². The number of esters is 1. The highest BCUT2D eigenvalue weighted by Crippen LogP contribution is 2.31. The molecule has 0 spiro atoms. The molecule has 2 aromatic carbocycles. The lowest BCUT2D eigenvalue weighted by Gasteiger charge is -2.25. The first-order valence-corrected chi connectivity index (χ1v) is 11.3. The highest BCUT2D eigenvalue weighted by molar-refractivity contribution is 7.07. The van der Waals surface area contributed by atoms with Crippen molar-refractivity contribution in [3.63, 3.8) is 0 Å². The molecule has 0 radical (unpaired) electrons. The first-order chi connectivity index (χ1) is 15.8. The first-order valence-electron chi connectivity index (χ1n) is 10.4. The molecular formula is C25H24N2O5S. The van der Waals surface area contributed by atoms with Gasteiger partial charge in [0.25, 0.3) is 5.56 Å². The van der Waals surface area contributed by atoms with Crippen LogP contribution in [0.2, 0.25) is 0 Å². The Hall–Kier alpha value is -3.65. The number of hydrogen-bond donors (Lipinski definition) is 1. The molecule has 4 rings (SSSR count). The number of ether oxygens (including phenoxy) is 2. The van der Waals surface area contributed by atoms with E-state index in [0.717, 1.165) is 5.56 Å². The molecule has 1 N–H and O–H groups in total. The molecule has 8 heteroatoms. The molecule has 0 fully saturated rings. The van der Waals surface area contributed by atoms with Gasteiger partial charge in [0.15, 0.2) is 4.80 Å². The summed E-state index contributed by atoms with van der Waals surface area (Å²) >= 11 is 1.24. The fourth-order valence-electron chi connectivity index (χ4n) is 3.73. The number of phenolic OH excluding ortho intramolecular Hbond substituents is 1. The van der Waals surface area contributed by atoms with E-state index in [0.29, 0.717) is 31.9 Å². The van der Waals surface area contributed by atoms with Crippen molar-refractivity contribution in [2.24, 2.45) is 4.99 Å². The Kier molecular flexibility index (Phi) is 6.20. The largest absolute Gasteiger partial charge is 0.508 e. The summed E-state index contributed by atoms with van der Waals surface area (Å²) in [4.78, 5) is 31.7. The third-order valence-corrected chi connectivity index (χ3v) is 6.17. The smallest absolute Gasteiger partial charge is 0.338 e. The summed E-state index contributed by atoms with van der Waals surface area (Å²) < 4.78 is 12.7. The number of allylic oxidation sites excluding steroid dienone is 1. The summed E-state index contributed by atoms with van der Waals surface area (Å²) in [6.07, 6.45) is 1.39. The normalized spacial score (nSPS) is 15.9. The number of aromatic hydroxyl groups is 1. The number of phenols is 1. The quantitative estimate of drug-likeness (QED) is 0.587. The van der Waals surface area contributed by atoms with Crippen LogP contribution >= 0.6 is 11.3 Å². The number of rotatable bonds is 5. The first kappa shape index (κ1) is 22.5. The van der Waals surface area contributed by atoms with E-state index in [4.69, 9.17) is 9.47 Å². The lowest BCUT2D eigenvalue weighted by Crippen LogP contribution is -2.40. The second-order valence-electron chi connectivity index (χ2n) is 7.90. The third kappa shape index (κ3) is 4.47. The second-order valence-corrected chi connectivity index (χ2v) is 8.91. The van der Waals surface area contributed by atoms with Crippen molar-refractivity contribution in [1.82, 2.24) is 4.57 Å². The molecule has 7 nitrogen and oxygen atoms in total. The van der Waals surface area contributed by atoms with Gasteiger partial charge in [0, 0.05) is 0 Å². The Morgan fingerprint density at radius 2 is 1.94 bits per heavy atom. The number of hydrogen-bond acceptors (Lipinski definition) is 7. The van der Waals surface area contributed by atoms with Crippen LogP contribution in [-0.4, -0.2) is 28.9 Å². The van der Waals surface area contributed by atoms with Gasteiger partial charge in [0.2, 0.25) is 0 Å². The van der Waals surface area contributed by atoms with Gasteiger partial charge < -0.3 is 14.6 Å². The molecule has 170 valence electrons. The van der Waals surface area contributed by atoms with Crippen LogP contribution < -0.4 is 19.6 Å². The predicted octanol–water partition coefficient (Wildman–Crippen LogP) is 2.90. The molecule has 3 aromatic rings. The monoisotopic (exact) mass is 464 g/mol. The van der Waals surface area contributed by atoms with E-state index in [1.165, 1.54) is 15.9 Å². The second kappa shape index (κ2) is 9.07. The number of carbonyl (C=O) groups excluding carboxylic acids is 1. The molecule has 1 aliphatic rings. The van der Waals surface area contributed by atoms with E-state index in [9.17, 15) is 14.7 Å². The summed E-state index contributed by atoms with van der Waals surface area (Å²) in [6.45, 7) is 5.31. The number of nitrogens with zero attached hydrogens (tertiary/aromatic N) is 2. The summed E-state index contributed by atoms with van der Waals surface area (Å²) in [7, 11) is 1.58. The number of aromatic nitrogens is 1. The topological polar surface area (TPSA) is 90.1 Å². The van der Waals surface area contributed by atoms with Gasteiger partial charge in [-0.05, 0) is 62.2 Å². The van der Waals surface area contributed by atoms with Crippen LogP contribution in [0.15, 0.2) is 69.6 Å². The molecule has 0 amide bonds. The maximum absolute atomic E-state index is 13.5. The van der Waals surface area contributed by atoms with Gasteiger partial charge in [-0.2, -0.15) is 0 Å². The number of methoxy groups -OCH3 is 1. The average molecular weight is 465 g/mol. The van der Waals surface area contributed by atoms with Gasteiger partial charge in [-0.25, -0.2) is 9.79 Å². The van der Waals surface area contributed by atoms with E-state index in [-0.39, 0.29) is 17.4 Å². The van der Waals surface area contributed by atoms with E-state index in [1.807, 2.05) is 12.1 Å². The van der Waals surface area contributed by atoms with Crippen LogP contribution in [0.25, 0.3) is 6.08 Å². The van der Waals surface area contributed by atoms with Gasteiger partial charge in [0.05, 0.1) is 35.1 Å². The van der Waals surface area contributed by atoms with Crippen molar-refractivity contribution in [3.8, 4) is 11.5 Å². The summed E-state index contributed by atoms with van der Waals surface area (Å²) in [6, 6.07) is 13.2. The van der Waals surface area contributed by atoms with Gasteiger partial charge in [-0.1, -0.05) is 35.6 Å². The average Bonchev–Trinajstić information content (AvgIpc) is 3.07. The SMILES string of the molecule is COc1ccc([C@@H]2C(C(=O)OC(C)C)=C(C)N=c3s/c(=C\c4cccc(O)c4)c(=O)n32)cc1. The Bertz CT molecular complexity index is 1410. The van der Waals surface area contributed by atoms with Gasteiger partial charge in [-0.3, -0.25) is 9.36 Å². The van der Waals surface area contributed by atoms with Crippen molar-refractivity contribution >= 4 is 23.4 Å². The van der Waals surface area contributed by atoms with Gasteiger partial charge in [0.1, 0.15) is 11.5 Å². The van der Waals surface area contributed by atoms with E-state index >= 15 is 0 Å². The van der Waals surface area contributed by atoms with Crippen LogP contribution in [0, 0.1) is 0 Å². The highest BCUT2D eigenvalue weighted by atomic mass is 32.1. The predicted molar refractivity (Wildman–Crippen MR) is 126 cm³/mol. The zero-order valence-electron chi connectivity index (χ0n) is 18.7. The molecular weight excluding hydrogens is 440 g/mol. The van der Waals surface area contributed by atoms with E-state index < -0.39 is 12.0 Å². The molecule has 2 heterocycles. The van der Waals surface area contributed by atoms with Crippen LogP contribution in [0.5, 0.6) is 11.5 Å². The Morgan fingerprint density at radius 3 is 2.58 bits per heavy atom. The Morgan fingerprint density at radius 1 is 1.21 bits per heavy atom. The molecule has 0 bridgehead atoms. The maximum atomic E-state index is 13.5. The van der Waals surface area contributed by atoms with Crippen LogP contribution in [0.3, 0.4) is 0 Å². The lowest BCUT2D eigenvalue weighted by molar-refractivity contribution is -0.143. The molecule has 1 aromatic heterocycles. The van der Waals surface area contributed by atoms with Crippen molar-refractivity contribution in [1.29, 1.82) is 0 Å². The van der Waals surface area contributed by atoms with Crippen LogP contribution in [0.4, 0.5) is 0 Å². The minimum Gasteiger partial charge on any atom is -0.508 e. The molecule has 0 saturated heterocycles. The van der Waals surface area contributed by atoms with E-state index in [2.05, 4.69) is 4.99 Å². The number of fused-ring (bicyclic) bond motifs is 1. The summed E-state index contributed by atoms with van der Waals surface area (Å²) in [5.41, 5.74) is 1.99. The van der Waals surface area contributed by atoms with Gasteiger partial charge >= 0.3 is 5.97 Å². The zero-order valence-corrected chi connectivity index (χ0v) is 19.6. The molecule has 0 aliphatic carbocycles. The fraction of sp³-hybridized carbons (Fsp3) is 0.240. The molecule has 33 heavy (non-hydrogen) atoms. The van der Waals surface area contributed by atoms with Gasteiger partial charge in [-0.15, -0.1) is 0 Å². The molecule has 0 saturated carbocycles. The maximum Gasteiger partial charge on any atom is 0.338 e. The number of carbonyl (C=O) groups is 1. The van der Waals surface area contributed by atoms with Crippen LogP contribution in [0.1, 0.15) is 37.9 Å². The molecule has 0 unspecified atom stereocenters. The minimum atomic E-state index is -0.690. The minimum absolute atomic E-state index is 0.113. The number of thiazole rings is 1. The molecule has 1 atom stereocenters. The Balaban J connectivity index is 1.94. The lowest BCUT2D eigenvalue weighted by atomic mass is 9.96. The molecule has 1 aliphatic heterocycles. The zero-order chi connectivity index (χ0) is 23.7. The summed E-state index contributed by atoms with van der Waals surface area (Å²) in [5.74, 6) is 0.276. The van der Waals surface area contributed by atoms with Crippen molar-refractivity contribution in [3.05, 3.63) is 90.6 Å². The standard InChI is InChI=1S/C25H24N2O5S/c1-14(2)32-24(30)21-15(3)26-25-27(22(21)17-8-10-19(31-4)11-9-17)23(29)20(33-25)13-16-6-5-7-18(28)12-16/h5-14,22,28H,1-4H3/b20-13-/t22-/m1/s1. The Labute approximate surface area is 194 Å².